The maximum Gasteiger partial charge on any atom is 0.0772 e. The number of nitrogens with one attached hydrogen (secondary N) is 1. The highest BCUT2D eigenvalue weighted by Gasteiger charge is 2.17. The molecule has 5 heteroatoms. The zero-order valence-electron chi connectivity index (χ0n) is 11.2. The molecule has 0 amide bonds. The molecule has 0 saturated carbocycles. The third kappa shape index (κ3) is 4.22. The molecular weight excluding hydrogens is 369 g/mol. The van der Waals surface area contributed by atoms with Crippen LogP contribution in [0.15, 0.2) is 24.3 Å². The number of halogens is 1. The number of aryl methyl sites for hydroxylation is 1. The zero-order valence-corrected chi connectivity index (χ0v) is 14.2. The Hall–Kier alpha value is -0.530. The van der Waals surface area contributed by atoms with Gasteiger partial charge in [0.15, 0.2) is 0 Å². The van der Waals surface area contributed by atoms with Crippen LogP contribution in [0.1, 0.15) is 35.5 Å². The van der Waals surface area contributed by atoms with Crippen LogP contribution in [-0.2, 0) is 6.42 Å². The third-order valence-electron chi connectivity index (χ3n) is 3.00. The molecule has 1 aromatic carbocycles. The fraction of sp³-hybridized carbons (Fsp3) is 0.429. The molecule has 0 aliphatic rings. The van der Waals surface area contributed by atoms with Crippen LogP contribution < -0.4 is 5.32 Å². The Morgan fingerprint density at radius 3 is 2.63 bits per heavy atom. The second-order valence-electron chi connectivity index (χ2n) is 4.56. The Kier molecular flexibility index (Phi) is 5.72. The summed E-state index contributed by atoms with van der Waals surface area (Å²) in [6.07, 6.45) is 2.12. The van der Waals surface area contributed by atoms with Crippen LogP contribution in [0.4, 0.5) is 0 Å². The molecule has 19 heavy (non-hydrogen) atoms. The standard InChI is InChI=1S/C14H18IN3S/c1-3-8-16-13(14-10(2)17-18-19-14)9-11-4-6-12(15)7-5-11/h4-7,13,16H,3,8-9H2,1-2H3. The second kappa shape index (κ2) is 7.31. The molecule has 1 heterocycles. The Balaban J connectivity index is 2.14. The zero-order chi connectivity index (χ0) is 13.7. The van der Waals surface area contributed by atoms with E-state index in [9.17, 15) is 0 Å². The van der Waals surface area contributed by atoms with Gasteiger partial charge in [0.25, 0.3) is 0 Å². The molecule has 1 unspecified atom stereocenters. The normalized spacial score (nSPS) is 12.6. The summed E-state index contributed by atoms with van der Waals surface area (Å²) in [4.78, 5) is 1.26. The molecule has 1 aromatic heterocycles. The van der Waals surface area contributed by atoms with E-state index in [1.165, 1.54) is 25.5 Å². The van der Waals surface area contributed by atoms with Crippen molar-refractivity contribution in [1.82, 2.24) is 14.9 Å². The van der Waals surface area contributed by atoms with Crippen LogP contribution in [0.2, 0.25) is 0 Å². The molecule has 3 nitrogen and oxygen atoms in total. The molecule has 0 spiro atoms. The van der Waals surface area contributed by atoms with Gasteiger partial charge in [-0.3, -0.25) is 0 Å². The third-order valence-corrected chi connectivity index (χ3v) is 4.66. The molecule has 0 saturated heterocycles. The van der Waals surface area contributed by atoms with E-state index in [0.29, 0.717) is 6.04 Å². The molecule has 0 radical (unpaired) electrons. The van der Waals surface area contributed by atoms with Gasteiger partial charge < -0.3 is 5.32 Å². The number of nitrogens with zero attached hydrogens (tertiary/aromatic N) is 2. The van der Waals surface area contributed by atoms with E-state index in [1.54, 1.807) is 0 Å². The van der Waals surface area contributed by atoms with Gasteiger partial charge in [-0.2, -0.15) is 0 Å². The summed E-state index contributed by atoms with van der Waals surface area (Å²) in [5, 5.41) is 7.73. The highest BCUT2D eigenvalue weighted by Crippen LogP contribution is 2.24. The SMILES string of the molecule is CCCNC(Cc1ccc(I)cc1)c1snnc1C. The lowest BCUT2D eigenvalue weighted by atomic mass is 10.0. The van der Waals surface area contributed by atoms with Gasteiger partial charge in [-0.05, 0) is 78.1 Å². The van der Waals surface area contributed by atoms with E-state index in [1.807, 2.05) is 6.92 Å². The van der Waals surface area contributed by atoms with Crippen molar-refractivity contribution in [3.8, 4) is 0 Å². The highest BCUT2D eigenvalue weighted by atomic mass is 127. The first kappa shape index (κ1) is 14.9. The minimum absolute atomic E-state index is 0.319. The summed E-state index contributed by atoms with van der Waals surface area (Å²) in [5.74, 6) is 0. The van der Waals surface area contributed by atoms with Gasteiger partial charge in [0, 0.05) is 9.61 Å². The van der Waals surface area contributed by atoms with Crippen LogP contribution in [0, 0.1) is 10.5 Å². The van der Waals surface area contributed by atoms with Crippen molar-refractivity contribution in [2.24, 2.45) is 0 Å². The van der Waals surface area contributed by atoms with Crippen LogP contribution >= 0.6 is 34.1 Å². The maximum atomic E-state index is 4.13. The lowest BCUT2D eigenvalue weighted by Gasteiger charge is -2.17. The fourth-order valence-electron chi connectivity index (χ4n) is 1.99. The first-order valence-electron chi connectivity index (χ1n) is 6.47. The van der Waals surface area contributed by atoms with Crippen molar-refractivity contribution in [1.29, 1.82) is 0 Å². The quantitative estimate of drug-likeness (QED) is 0.768. The van der Waals surface area contributed by atoms with Crippen LogP contribution in [0.25, 0.3) is 0 Å². The smallest absolute Gasteiger partial charge is 0.0772 e. The summed E-state index contributed by atoms with van der Waals surface area (Å²) < 4.78 is 5.33. The summed E-state index contributed by atoms with van der Waals surface area (Å²) in [7, 11) is 0. The average molecular weight is 387 g/mol. The second-order valence-corrected chi connectivity index (χ2v) is 6.59. The molecule has 102 valence electrons. The molecule has 2 aromatic rings. The Morgan fingerprint density at radius 1 is 1.32 bits per heavy atom. The van der Waals surface area contributed by atoms with Crippen molar-refractivity contribution < 1.29 is 0 Å². The Labute approximate surface area is 132 Å². The average Bonchev–Trinajstić information content (AvgIpc) is 2.83. The number of aromatic nitrogens is 2. The largest absolute Gasteiger partial charge is 0.309 e. The van der Waals surface area contributed by atoms with Gasteiger partial charge in [0.05, 0.1) is 10.6 Å². The van der Waals surface area contributed by atoms with Crippen LogP contribution in [-0.4, -0.2) is 16.1 Å². The first-order chi connectivity index (χ1) is 9.20. The molecule has 0 bridgehead atoms. The molecule has 1 atom stereocenters. The molecule has 0 aliphatic heterocycles. The van der Waals surface area contributed by atoms with Crippen molar-refractivity contribution in [2.45, 2.75) is 32.7 Å². The van der Waals surface area contributed by atoms with Crippen LogP contribution in [0.5, 0.6) is 0 Å². The molecule has 0 aliphatic carbocycles. The van der Waals surface area contributed by atoms with E-state index in [2.05, 4.69) is 68.7 Å². The van der Waals surface area contributed by atoms with Gasteiger partial charge in [-0.25, -0.2) is 0 Å². The van der Waals surface area contributed by atoms with E-state index in [4.69, 9.17) is 0 Å². The fourth-order valence-corrected chi connectivity index (χ4v) is 3.07. The van der Waals surface area contributed by atoms with Crippen molar-refractivity contribution in [3.63, 3.8) is 0 Å². The highest BCUT2D eigenvalue weighted by molar-refractivity contribution is 14.1. The molecule has 0 fully saturated rings. The summed E-state index contributed by atoms with van der Waals surface area (Å²) in [5.41, 5.74) is 2.39. The summed E-state index contributed by atoms with van der Waals surface area (Å²) in [6.45, 7) is 5.24. The maximum absolute atomic E-state index is 4.13. The number of benzene rings is 1. The number of hydrogen-bond donors (Lipinski definition) is 1. The van der Waals surface area contributed by atoms with E-state index < -0.39 is 0 Å². The lowest BCUT2D eigenvalue weighted by Crippen LogP contribution is -2.24. The summed E-state index contributed by atoms with van der Waals surface area (Å²) >= 11 is 3.84. The summed E-state index contributed by atoms with van der Waals surface area (Å²) in [6, 6.07) is 9.04. The number of hydrogen-bond acceptors (Lipinski definition) is 4. The Bertz CT molecular complexity index is 510. The minimum atomic E-state index is 0.319. The topological polar surface area (TPSA) is 37.8 Å². The van der Waals surface area contributed by atoms with Crippen LogP contribution in [0.3, 0.4) is 0 Å². The molecule has 2 rings (SSSR count). The lowest BCUT2D eigenvalue weighted by molar-refractivity contribution is 0.533. The van der Waals surface area contributed by atoms with Gasteiger partial charge in [0.2, 0.25) is 0 Å². The van der Waals surface area contributed by atoms with E-state index in [-0.39, 0.29) is 0 Å². The van der Waals surface area contributed by atoms with E-state index in [0.717, 1.165) is 25.1 Å². The Morgan fingerprint density at radius 2 is 2.05 bits per heavy atom. The molecule has 1 N–H and O–H groups in total. The van der Waals surface area contributed by atoms with Gasteiger partial charge in [0.1, 0.15) is 0 Å². The predicted molar refractivity (Wildman–Crippen MR) is 88.5 cm³/mol. The first-order valence-corrected chi connectivity index (χ1v) is 8.32. The van der Waals surface area contributed by atoms with Crippen molar-refractivity contribution >= 4 is 34.1 Å². The monoisotopic (exact) mass is 387 g/mol. The minimum Gasteiger partial charge on any atom is -0.309 e. The number of rotatable bonds is 6. The van der Waals surface area contributed by atoms with Crippen molar-refractivity contribution in [2.75, 3.05) is 6.54 Å². The van der Waals surface area contributed by atoms with Crippen molar-refractivity contribution in [3.05, 3.63) is 44.0 Å². The van der Waals surface area contributed by atoms with Gasteiger partial charge in [-0.1, -0.05) is 23.5 Å². The predicted octanol–water partition coefficient (Wildman–Crippen LogP) is 3.73. The van der Waals surface area contributed by atoms with E-state index >= 15 is 0 Å². The molecular formula is C14H18IN3S. The van der Waals surface area contributed by atoms with Gasteiger partial charge >= 0.3 is 0 Å². The van der Waals surface area contributed by atoms with Gasteiger partial charge in [-0.15, -0.1) is 5.10 Å².